The summed E-state index contributed by atoms with van der Waals surface area (Å²) in [6.07, 6.45) is 2.22. The molecule has 0 atom stereocenters. The number of methoxy groups -OCH3 is 1. The average molecular weight is 343 g/mol. The van der Waals surface area contributed by atoms with Crippen LogP contribution in [0.1, 0.15) is 23.3 Å². The van der Waals surface area contributed by atoms with Gasteiger partial charge in [-0.15, -0.1) is 0 Å². The molecule has 2 aliphatic heterocycles. The number of piperazine rings is 1. The minimum absolute atomic E-state index is 0.0850. The van der Waals surface area contributed by atoms with E-state index in [1.807, 2.05) is 29.2 Å². The van der Waals surface area contributed by atoms with Crippen molar-refractivity contribution < 1.29 is 14.3 Å². The number of rotatable bonds is 3. The molecule has 1 N–H and O–H groups in total. The Hall–Kier alpha value is -2.05. The number of carbonyl (C=O) groups excluding carboxylic acids is 1. The summed E-state index contributed by atoms with van der Waals surface area (Å²) in [6.45, 7) is 5.20. The molecule has 1 aromatic carbocycles. The van der Waals surface area contributed by atoms with Crippen LogP contribution in [0.3, 0.4) is 0 Å². The van der Waals surface area contributed by atoms with Crippen LogP contribution in [0.15, 0.2) is 24.3 Å². The van der Waals surface area contributed by atoms with Gasteiger partial charge in [0.2, 0.25) is 0 Å². The molecule has 0 bridgehead atoms. The first-order chi connectivity index (χ1) is 12.2. The normalized spacial score (nSPS) is 20.1. The fourth-order valence-corrected chi connectivity index (χ4v) is 3.86. The van der Waals surface area contributed by atoms with Gasteiger partial charge >= 0.3 is 0 Å². The minimum atomic E-state index is 0.0850. The zero-order chi connectivity index (χ0) is 17.2. The number of aromatic amines is 1. The van der Waals surface area contributed by atoms with E-state index in [4.69, 9.17) is 9.47 Å². The molecule has 0 radical (unpaired) electrons. The van der Waals surface area contributed by atoms with E-state index in [1.54, 1.807) is 7.11 Å². The van der Waals surface area contributed by atoms with Crippen LogP contribution in [0.2, 0.25) is 0 Å². The van der Waals surface area contributed by atoms with Gasteiger partial charge in [0.25, 0.3) is 5.91 Å². The highest BCUT2D eigenvalue weighted by Crippen LogP contribution is 2.23. The molecule has 0 saturated carbocycles. The maximum atomic E-state index is 12.8. The standard InChI is InChI=1S/C19H25N3O3/c1-24-16-2-3-17-14(12-16)13-18(20-17)19(23)22-8-6-21(7-9-22)15-4-10-25-11-5-15/h2-3,12-13,15,20H,4-11H2,1H3. The summed E-state index contributed by atoms with van der Waals surface area (Å²) in [7, 11) is 1.65. The number of fused-ring (bicyclic) bond motifs is 1. The summed E-state index contributed by atoms with van der Waals surface area (Å²) in [5.41, 5.74) is 1.62. The molecule has 2 aromatic rings. The number of benzene rings is 1. The highest BCUT2D eigenvalue weighted by Gasteiger charge is 2.28. The SMILES string of the molecule is COc1ccc2[nH]c(C(=O)N3CCN(C4CCOCC4)CC3)cc2c1. The van der Waals surface area contributed by atoms with Crippen molar-refractivity contribution >= 4 is 16.8 Å². The van der Waals surface area contributed by atoms with Gasteiger partial charge in [0.05, 0.1) is 7.11 Å². The van der Waals surface area contributed by atoms with E-state index >= 15 is 0 Å². The molecule has 25 heavy (non-hydrogen) atoms. The fourth-order valence-electron chi connectivity index (χ4n) is 3.86. The lowest BCUT2D eigenvalue weighted by atomic mass is 10.1. The maximum absolute atomic E-state index is 12.8. The largest absolute Gasteiger partial charge is 0.497 e. The third kappa shape index (κ3) is 3.37. The highest BCUT2D eigenvalue weighted by atomic mass is 16.5. The van der Waals surface area contributed by atoms with Crippen LogP contribution in [0, 0.1) is 0 Å². The van der Waals surface area contributed by atoms with Crippen molar-refractivity contribution in [1.82, 2.24) is 14.8 Å². The number of hydrogen-bond acceptors (Lipinski definition) is 4. The van der Waals surface area contributed by atoms with Crippen LogP contribution < -0.4 is 4.74 Å². The molecule has 2 fully saturated rings. The minimum Gasteiger partial charge on any atom is -0.497 e. The Morgan fingerprint density at radius 3 is 2.64 bits per heavy atom. The Bertz CT molecular complexity index is 743. The van der Waals surface area contributed by atoms with E-state index in [0.29, 0.717) is 11.7 Å². The van der Waals surface area contributed by atoms with Crippen molar-refractivity contribution in [2.75, 3.05) is 46.5 Å². The zero-order valence-electron chi connectivity index (χ0n) is 14.7. The van der Waals surface area contributed by atoms with Gasteiger partial charge in [0.1, 0.15) is 11.4 Å². The smallest absolute Gasteiger partial charge is 0.270 e. The molecule has 2 saturated heterocycles. The molecule has 0 spiro atoms. The first kappa shape index (κ1) is 16.4. The lowest BCUT2D eigenvalue weighted by molar-refractivity contribution is 0.0136. The van der Waals surface area contributed by atoms with E-state index < -0.39 is 0 Å². The first-order valence-corrected chi connectivity index (χ1v) is 9.02. The summed E-state index contributed by atoms with van der Waals surface area (Å²) in [6, 6.07) is 8.34. The van der Waals surface area contributed by atoms with E-state index in [-0.39, 0.29) is 5.91 Å². The molecule has 1 amide bonds. The molecule has 0 aliphatic carbocycles. The second kappa shape index (κ2) is 7.06. The van der Waals surface area contributed by atoms with E-state index in [9.17, 15) is 4.79 Å². The predicted octanol–water partition coefficient (Wildman–Crippen LogP) is 2.11. The van der Waals surface area contributed by atoms with Gasteiger partial charge in [-0.05, 0) is 37.1 Å². The number of amides is 1. The topological polar surface area (TPSA) is 57.8 Å². The van der Waals surface area contributed by atoms with Crippen molar-refractivity contribution in [2.24, 2.45) is 0 Å². The average Bonchev–Trinajstić information content (AvgIpc) is 3.11. The van der Waals surface area contributed by atoms with Crippen LogP contribution in [0.4, 0.5) is 0 Å². The van der Waals surface area contributed by atoms with E-state index in [1.165, 1.54) is 0 Å². The number of ether oxygens (including phenoxy) is 2. The molecule has 3 heterocycles. The Morgan fingerprint density at radius 1 is 1.16 bits per heavy atom. The van der Waals surface area contributed by atoms with Crippen molar-refractivity contribution in [3.63, 3.8) is 0 Å². The van der Waals surface area contributed by atoms with E-state index in [2.05, 4.69) is 9.88 Å². The van der Waals surface area contributed by atoms with E-state index in [0.717, 1.165) is 68.9 Å². The molecule has 6 heteroatoms. The van der Waals surface area contributed by atoms with Gasteiger partial charge in [0, 0.05) is 56.3 Å². The van der Waals surface area contributed by atoms with Crippen molar-refractivity contribution in [3.8, 4) is 5.75 Å². The molecule has 1 aromatic heterocycles. The molecule has 0 unspecified atom stereocenters. The summed E-state index contributed by atoms with van der Waals surface area (Å²) < 4.78 is 10.7. The van der Waals surface area contributed by atoms with Gasteiger partial charge in [-0.1, -0.05) is 0 Å². The van der Waals surface area contributed by atoms with Crippen LogP contribution in [-0.2, 0) is 4.74 Å². The van der Waals surface area contributed by atoms with Gasteiger partial charge in [0.15, 0.2) is 0 Å². The van der Waals surface area contributed by atoms with Gasteiger partial charge < -0.3 is 19.4 Å². The molecule has 6 nitrogen and oxygen atoms in total. The molecule has 134 valence electrons. The summed E-state index contributed by atoms with van der Waals surface area (Å²) in [5.74, 6) is 0.886. The molecular weight excluding hydrogens is 318 g/mol. The maximum Gasteiger partial charge on any atom is 0.270 e. The van der Waals surface area contributed by atoms with Crippen molar-refractivity contribution in [3.05, 3.63) is 30.0 Å². The Balaban J connectivity index is 1.41. The van der Waals surface area contributed by atoms with Crippen LogP contribution >= 0.6 is 0 Å². The lowest BCUT2D eigenvalue weighted by Gasteiger charge is -2.40. The summed E-state index contributed by atoms with van der Waals surface area (Å²) in [4.78, 5) is 20.5. The number of hydrogen-bond donors (Lipinski definition) is 1. The van der Waals surface area contributed by atoms with Crippen LogP contribution in [0.5, 0.6) is 5.75 Å². The lowest BCUT2D eigenvalue weighted by Crippen LogP contribution is -2.53. The molecule has 4 rings (SSSR count). The number of carbonyl (C=O) groups is 1. The number of nitrogens with one attached hydrogen (secondary N) is 1. The van der Waals surface area contributed by atoms with Crippen molar-refractivity contribution in [2.45, 2.75) is 18.9 Å². The third-order valence-corrected chi connectivity index (χ3v) is 5.37. The molecular formula is C19H25N3O3. The predicted molar refractivity (Wildman–Crippen MR) is 96.2 cm³/mol. The van der Waals surface area contributed by atoms with Gasteiger partial charge in [-0.3, -0.25) is 9.69 Å². The first-order valence-electron chi connectivity index (χ1n) is 9.02. The third-order valence-electron chi connectivity index (χ3n) is 5.37. The van der Waals surface area contributed by atoms with Crippen molar-refractivity contribution in [1.29, 1.82) is 0 Å². The number of aromatic nitrogens is 1. The Labute approximate surface area is 147 Å². The fraction of sp³-hybridized carbons (Fsp3) is 0.526. The monoisotopic (exact) mass is 343 g/mol. The quantitative estimate of drug-likeness (QED) is 0.927. The summed E-state index contributed by atoms with van der Waals surface area (Å²) >= 11 is 0. The second-order valence-corrected chi connectivity index (χ2v) is 6.81. The van der Waals surface area contributed by atoms with Crippen LogP contribution in [0.25, 0.3) is 10.9 Å². The highest BCUT2D eigenvalue weighted by molar-refractivity contribution is 5.98. The Morgan fingerprint density at radius 2 is 1.92 bits per heavy atom. The zero-order valence-corrected chi connectivity index (χ0v) is 14.7. The summed E-state index contributed by atoms with van der Waals surface area (Å²) in [5, 5.41) is 1.00. The van der Waals surface area contributed by atoms with Gasteiger partial charge in [-0.2, -0.15) is 0 Å². The molecule has 2 aliphatic rings. The number of H-pyrrole nitrogens is 1. The van der Waals surface area contributed by atoms with Crippen LogP contribution in [-0.4, -0.2) is 73.2 Å². The second-order valence-electron chi connectivity index (χ2n) is 6.81. The number of nitrogens with zero attached hydrogens (tertiary/aromatic N) is 2. The Kier molecular flexibility index (Phi) is 4.63. The van der Waals surface area contributed by atoms with Gasteiger partial charge in [-0.25, -0.2) is 0 Å².